The number of hydrogen-bond acceptors (Lipinski definition) is 7. The molecular formula is C31H32N8O. The molecule has 5 aromatic rings. The molecule has 0 aliphatic rings. The van der Waals surface area contributed by atoms with Crippen LogP contribution in [0.2, 0.25) is 0 Å². The molecule has 0 unspecified atom stereocenters. The predicted octanol–water partition coefficient (Wildman–Crippen LogP) is 5.85. The number of aromatic nitrogens is 4. The van der Waals surface area contributed by atoms with E-state index in [2.05, 4.69) is 52.9 Å². The highest BCUT2D eigenvalue weighted by atomic mass is 16.1. The lowest BCUT2D eigenvalue weighted by Gasteiger charge is -2.13. The smallest absolute Gasteiger partial charge is 0.255 e. The van der Waals surface area contributed by atoms with Crippen molar-refractivity contribution in [3.8, 4) is 11.3 Å². The molecule has 0 aliphatic heterocycles. The Hall–Kier alpha value is -5.02. The molecule has 1 amide bonds. The fourth-order valence-corrected chi connectivity index (χ4v) is 4.12. The molecular weight excluding hydrogens is 500 g/mol. The van der Waals surface area contributed by atoms with Gasteiger partial charge in [0.2, 0.25) is 0 Å². The number of aromatic amines is 1. The molecule has 0 fully saturated rings. The molecule has 0 radical (unpaired) electrons. The number of nitrogens with zero attached hydrogens (tertiary/aromatic N) is 4. The lowest BCUT2D eigenvalue weighted by molar-refractivity contribution is 0.102. The van der Waals surface area contributed by atoms with Crippen molar-refractivity contribution in [1.29, 1.82) is 0 Å². The third kappa shape index (κ3) is 6.69. The number of carbonyl (C=O) groups is 1. The number of fused-ring (bicyclic) bond motifs is 1. The zero-order chi connectivity index (χ0) is 27.9. The fraction of sp³-hybridized carbons (Fsp3) is 0.161. The van der Waals surface area contributed by atoms with Gasteiger partial charge in [-0.05, 0) is 75.1 Å². The highest BCUT2D eigenvalue weighted by Gasteiger charge is 2.10. The number of H-pyrrole nitrogens is 1. The lowest BCUT2D eigenvalue weighted by Crippen LogP contribution is -2.12. The van der Waals surface area contributed by atoms with E-state index in [0.717, 1.165) is 52.3 Å². The van der Waals surface area contributed by atoms with Gasteiger partial charge in [0.15, 0.2) is 0 Å². The second-order valence-electron chi connectivity index (χ2n) is 9.73. The van der Waals surface area contributed by atoms with Crippen molar-refractivity contribution < 1.29 is 4.79 Å². The van der Waals surface area contributed by atoms with E-state index in [9.17, 15) is 4.79 Å². The number of benzene rings is 2. The largest absolute Gasteiger partial charge is 0.382 e. The van der Waals surface area contributed by atoms with Gasteiger partial charge in [-0.25, -0.2) is 15.0 Å². The molecule has 4 N–H and O–H groups in total. The number of amides is 1. The molecule has 202 valence electrons. The van der Waals surface area contributed by atoms with Gasteiger partial charge in [-0.1, -0.05) is 18.2 Å². The van der Waals surface area contributed by atoms with E-state index in [1.807, 2.05) is 87.9 Å². The summed E-state index contributed by atoms with van der Waals surface area (Å²) in [7, 11) is 4.07. The van der Waals surface area contributed by atoms with Crippen molar-refractivity contribution in [2.75, 3.05) is 43.1 Å². The maximum atomic E-state index is 12.9. The zero-order valence-corrected chi connectivity index (χ0v) is 22.8. The number of aryl methyl sites for hydroxylation is 1. The van der Waals surface area contributed by atoms with Crippen molar-refractivity contribution in [3.05, 3.63) is 103 Å². The van der Waals surface area contributed by atoms with Crippen LogP contribution < -0.4 is 16.0 Å². The fourth-order valence-electron chi connectivity index (χ4n) is 4.12. The van der Waals surface area contributed by atoms with Crippen LogP contribution in [0.15, 0.2) is 91.5 Å². The number of nitrogens with one attached hydrogen (secondary N) is 4. The SMILES string of the molecule is Cc1ccc(NC(=O)c2ccc(NC/C=C/CN(C)C)cc2)cc1Nc1cc(-c2cnc3[nH]ccc3c2)ncn1. The third-order valence-corrected chi connectivity index (χ3v) is 6.33. The quantitative estimate of drug-likeness (QED) is 0.167. The summed E-state index contributed by atoms with van der Waals surface area (Å²) in [4.78, 5) is 31.4. The second-order valence-corrected chi connectivity index (χ2v) is 9.73. The minimum atomic E-state index is -0.177. The van der Waals surface area contributed by atoms with E-state index in [4.69, 9.17) is 0 Å². The van der Waals surface area contributed by atoms with Crippen LogP contribution in [0.5, 0.6) is 0 Å². The van der Waals surface area contributed by atoms with Gasteiger partial charge in [0.25, 0.3) is 5.91 Å². The van der Waals surface area contributed by atoms with Crippen LogP contribution in [-0.2, 0) is 0 Å². The first kappa shape index (κ1) is 26.6. The van der Waals surface area contributed by atoms with E-state index in [0.29, 0.717) is 17.1 Å². The molecule has 0 saturated carbocycles. The van der Waals surface area contributed by atoms with Crippen LogP contribution in [0.25, 0.3) is 22.3 Å². The highest BCUT2D eigenvalue weighted by molar-refractivity contribution is 6.04. The van der Waals surface area contributed by atoms with Gasteiger partial charge in [0.05, 0.1) is 5.69 Å². The Morgan fingerprint density at radius 1 is 0.950 bits per heavy atom. The number of anilines is 4. The molecule has 0 aliphatic carbocycles. The minimum Gasteiger partial charge on any atom is -0.382 e. The number of rotatable bonds is 10. The number of carbonyl (C=O) groups excluding carboxylic acids is 1. The molecule has 40 heavy (non-hydrogen) atoms. The van der Waals surface area contributed by atoms with Gasteiger partial charge in [-0.3, -0.25) is 4.79 Å². The zero-order valence-electron chi connectivity index (χ0n) is 22.8. The van der Waals surface area contributed by atoms with Gasteiger partial charge in [0, 0.05) is 65.1 Å². The summed E-state index contributed by atoms with van der Waals surface area (Å²) in [6.07, 6.45) is 9.38. The molecule has 9 heteroatoms. The van der Waals surface area contributed by atoms with Crippen LogP contribution in [0, 0.1) is 6.92 Å². The summed E-state index contributed by atoms with van der Waals surface area (Å²) >= 11 is 0. The topological polar surface area (TPSA) is 111 Å². The normalized spacial score (nSPS) is 11.3. The summed E-state index contributed by atoms with van der Waals surface area (Å²) in [6, 6.07) is 19.1. The van der Waals surface area contributed by atoms with Crippen LogP contribution in [0.1, 0.15) is 15.9 Å². The average molecular weight is 533 g/mol. The summed E-state index contributed by atoms with van der Waals surface area (Å²) in [5.41, 5.74) is 6.57. The van der Waals surface area contributed by atoms with Gasteiger partial charge in [-0.2, -0.15) is 0 Å². The Balaban J connectivity index is 1.23. The van der Waals surface area contributed by atoms with Crippen molar-refractivity contribution in [2.24, 2.45) is 0 Å². The number of hydrogen-bond donors (Lipinski definition) is 4. The molecule has 5 rings (SSSR count). The summed E-state index contributed by atoms with van der Waals surface area (Å²) in [5.74, 6) is 0.467. The number of likely N-dealkylation sites (N-methyl/N-ethyl adjacent to an activating group) is 1. The van der Waals surface area contributed by atoms with Crippen molar-refractivity contribution in [3.63, 3.8) is 0 Å². The van der Waals surface area contributed by atoms with E-state index in [1.165, 1.54) is 6.33 Å². The van der Waals surface area contributed by atoms with Crippen molar-refractivity contribution >= 4 is 39.8 Å². The summed E-state index contributed by atoms with van der Waals surface area (Å²) in [5, 5.41) is 10.7. The van der Waals surface area contributed by atoms with E-state index < -0.39 is 0 Å². The molecule has 3 aromatic heterocycles. The Morgan fingerprint density at radius 2 is 1.77 bits per heavy atom. The molecule has 0 spiro atoms. The second kappa shape index (κ2) is 12.2. The van der Waals surface area contributed by atoms with Crippen LogP contribution in [-0.4, -0.2) is 57.9 Å². The average Bonchev–Trinajstić information content (AvgIpc) is 3.43. The van der Waals surface area contributed by atoms with Gasteiger partial charge in [-0.15, -0.1) is 0 Å². The third-order valence-electron chi connectivity index (χ3n) is 6.33. The standard InChI is InChI=1S/C31H32N8O/c1-21-6-9-26(37-31(40)22-7-10-25(11-8-22)32-13-4-5-15-39(2)3)17-27(21)38-29-18-28(35-20-36-29)24-16-23-12-14-33-30(23)34-19-24/h4-12,14,16-20,32H,13,15H2,1-3H3,(H,33,34)(H,37,40)(H,35,36,38)/b5-4+. The number of pyridine rings is 1. The predicted molar refractivity (Wildman–Crippen MR) is 162 cm³/mol. The Kier molecular flexibility index (Phi) is 8.13. The first-order chi connectivity index (χ1) is 19.4. The molecule has 0 atom stereocenters. The Bertz CT molecular complexity index is 1640. The Labute approximate surface area is 233 Å². The van der Waals surface area contributed by atoms with E-state index >= 15 is 0 Å². The monoisotopic (exact) mass is 532 g/mol. The van der Waals surface area contributed by atoms with Crippen LogP contribution in [0.4, 0.5) is 22.9 Å². The van der Waals surface area contributed by atoms with Gasteiger partial charge >= 0.3 is 0 Å². The first-order valence-electron chi connectivity index (χ1n) is 13.0. The molecule has 0 bridgehead atoms. The van der Waals surface area contributed by atoms with E-state index in [-0.39, 0.29) is 5.91 Å². The van der Waals surface area contributed by atoms with Crippen molar-refractivity contribution in [2.45, 2.75) is 6.92 Å². The Morgan fingerprint density at radius 3 is 2.60 bits per heavy atom. The van der Waals surface area contributed by atoms with Crippen molar-refractivity contribution in [1.82, 2.24) is 24.8 Å². The molecule has 2 aromatic carbocycles. The molecule has 3 heterocycles. The molecule has 9 nitrogen and oxygen atoms in total. The molecule has 0 saturated heterocycles. The summed E-state index contributed by atoms with van der Waals surface area (Å²) in [6.45, 7) is 3.63. The van der Waals surface area contributed by atoms with E-state index in [1.54, 1.807) is 6.20 Å². The minimum absolute atomic E-state index is 0.177. The first-order valence-corrected chi connectivity index (χ1v) is 13.0. The van der Waals surface area contributed by atoms with Gasteiger partial charge < -0.3 is 25.8 Å². The lowest BCUT2D eigenvalue weighted by atomic mass is 10.1. The maximum Gasteiger partial charge on any atom is 0.255 e. The highest BCUT2D eigenvalue weighted by Crippen LogP contribution is 2.26. The van der Waals surface area contributed by atoms with Crippen LogP contribution in [0.3, 0.4) is 0 Å². The van der Waals surface area contributed by atoms with Crippen LogP contribution >= 0.6 is 0 Å². The maximum absolute atomic E-state index is 12.9. The van der Waals surface area contributed by atoms with Gasteiger partial charge in [0.1, 0.15) is 17.8 Å². The summed E-state index contributed by atoms with van der Waals surface area (Å²) < 4.78 is 0.